The Morgan fingerprint density at radius 3 is 2.33 bits per heavy atom. The second kappa shape index (κ2) is 15.8. The number of carbonyl (C=O) groups is 1. The number of aliphatic carboxylic acids is 1. The molecule has 1 heterocycles. The molecular formula is C33H36ClNO4. The van der Waals surface area contributed by atoms with Crippen molar-refractivity contribution in [3.63, 3.8) is 0 Å². The highest BCUT2D eigenvalue weighted by atomic mass is 35.5. The average molecular weight is 546 g/mol. The lowest BCUT2D eigenvalue weighted by Gasteiger charge is -2.24. The van der Waals surface area contributed by atoms with Crippen LogP contribution < -0.4 is 0 Å². The Bertz CT molecular complexity index is 1270. The zero-order valence-electron chi connectivity index (χ0n) is 22.7. The third-order valence-electron chi connectivity index (χ3n) is 6.47. The molecular weight excluding hydrogens is 510 g/mol. The highest BCUT2D eigenvalue weighted by molar-refractivity contribution is 6.30. The standard InChI is InChI=1S/C33H36ClNO4/c1-4-31(24-26(3)25(2)7-16-33(36)37)39-21-17-32(29-12-14-30(34)15-13-29)28-10-8-27(9-11-28)6-5-18-35-19-22-38-23-20-35/h4,8-15,17,24H,1,7,16,18-23H2,2-3H3,(H,36,37)/b26-25+,31-24+,32-17-. The van der Waals surface area contributed by atoms with Crippen molar-refractivity contribution in [2.24, 2.45) is 0 Å². The number of ether oxygens (including phenoxy) is 2. The molecule has 204 valence electrons. The van der Waals surface area contributed by atoms with E-state index in [0.29, 0.717) is 23.8 Å². The summed E-state index contributed by atoms with van der Waals surface area (Å²) in [5.41, 5.74) is 6.04. The molecule has 3 rings (SSSR count). The van der Waals surface area contributed by atoms with E-state index in [1.807, 2.05) is 62.4 Å². The van der Waals surface area contributed by atoms with Gasteiger partial charge in [-0.2, -0.15) is 0 Å². The van der Waals surface area contributed by atoms with Crippen molar-refractivity contribution < 1.29 is 19.4 Å². The van der Waals surface area contributed by atoms with Gasteiger partial charge in [0.2, 0.25) is 0 Å². The number of nitrogens with zero attached hydrogens (tertiary/aromatic N) is 1. The Hall–Kier alpha value is -3.56. The van der Waals surface area contributed by atoms with E-state index in [1.54, 1.807) is 6.08 Å². The number of carboxylic acid groups (broad SMARTS) is 1. The maximum atomic E-state index is 10.9. The van der Waals surface area contributed by atoms with Gasteiger partial charge < -0.3 is 14.6 Å². The van der Waals surface area contributed by atoms with Crippen molar-refractivity contribution in [1.29, 1.82) is 0 Å². The van der Waals surface area contributed by atoms with Crippen LogP contribution in [0.4, 0.5) is 0 Å². The van der Waals surface area contributed by atoms with Crippen LogP contribution in [0.1, 0.15) is 43.4 Å². The molecule has 0 amide bonds. The van der Waals surface area contributed by atoms with Crippen LogP contribution in [0.15, 0.2) is 90.2 Å². The summed E-state index contributed by atoms with van der Waals surface area (Å²) in [6.07, 6.45) is 6.19. The lowest BCUT2D eigenvalue weighted by molar-refractivity contribution is -0.136. The van der Waals surface area contributed by atoms with Crippen LogP contribution in [0.25, 0.3) is 5.57 Å². The van der Waals surface area contributed by atoms with Gasteiger partial charge in [-0.3, -0.25) is 9.69 Å². The first-order valence-electron chi connectivity index (χ1n) is 13.1. The molecule has 0 bridgehead atoms. The van der Waals surface area contributed by atoms with Gasteiger partial charge in [0.05, 0.1) is 19.8 Å². The van der Waals surface area contributed by atoms with Gasteiger partial charge in [0.25, 0.3) is 0 Å². The number of morpholine rings is 1. The van der Waals surface area contributed by atoms with Crippen LogP contribution in [0.5, 0.6) is 0 Å². The van der Waals surface area contributed by atoms with Crippen molar-refractivity contribution in [2.75, 3.05) is 39.5 Å². The Morgan fingerprint density at radius 2 is 1.72 bits per heavy atom. The van der Waals surface area contributed by atoms with E-state index in [0.717, 1.165) is 66.3 Å². The number of halogens is 1. The van der Waals surface area contributed by atoms with Crippen molar-refractivity contribution in [1.82, 2.24) is 4.90 Å². The number of benzene rings is 2. The van der Waals surface area contributed by atoms with E-state index in [-0.39, 0.29) is 6.42 Å². The molecule has 1 fully saturated rings. The summed E-state index contributed by atoms with van der Waals surface area (Å²) < 4.78 is 11.4. The first kappa shape index (κ1) is 30.0. The molecule has 1 N–H and O–H groups in total. The molecule has 39 heavy (non-hydrogen) atoms. The smallest absolute Gasteiger partial charge is 0.303 e. The summed E-state index contributed by atoms with van der Waals surface area (Å²) in [5.74, 6) is 6.35. The van der Waals surface area contributed by atoms with Crippen molar-refractivity contribution in [2.45, 2.75) is 26.7 Å². The molecule has 1 aliphatic rings. The van der Waals surface area contributed by atoms with Crippen molar-refractivity contribution in [3.8, 4) is 11.8 Å². The SMILES string of the molecule is C=C/C(=C\C(C)=C(/C)CCC(=O)O)OC/C=C(\c1ccc(Cl)cc1)c1ccc(C#CCN2CCOCC2)cc1. The van der Waals surface area contributed by atoms with Crippen LogP contribution in [-0.2, 0) is 14.3 Å². The van der Waals surface area contributed by atoms with Gasteiger partial charge in [-0.05, 0) is 85.0 Å². The van der Waals surface area contributed by atoms with Gasteiger partial charge in [-0.1, -0.05) is 59.9 Å². The molecule has 2 aromatic rings. The molecule has 6 heteroatoms. The number of hydrogen-bond acceptors (Lipinski definition) is 4. The molecule has 1 saturated heterocycles. The molecule has 0 aliphatic carbocycles. The molecule has 0 radical (unpaired) electrons. The van der Waals surface area contributed by atoms with Crippen molar-refractivity contribution >= 4 is 23.1 Å². The Balaban J connectivity index is 1.75. The molecule has 5 nitrogen and oxygen atoms in total. The zero-order chi connectivity index (χ0) is 28.0. The molecule has 0 spiro atoms. The maximum absolute atomic E-state index is 10.9. The summed E-state index contributed by atoms with van der Waals surface area (Å²) >= 11 is 6.14. The quantitative estimate of drug-likeness (QED) is 0.192. The molecule has 0 aromatic heterocycles. The van der Waals surface area contributed by atoms with Crippen molar-refractivity contribution in [3.05, 3.63) is 112 Å². The van der Waals surface area contributed by atoms with Crippen LogP contribution in [0, 0.1) is 11.8 Å². The molecule has 0 atom stereocenters. The van der Waals surface area contributed by atoms with Crippen LogP contribution in [0.2, 0.25) is 5.02 Å². The van der Waals surface area contributed by atoms with E-state index in [9.17, 15) is 4.79 Å². The van der Waals surface area contributed by atoms with Gasteiger partial charge in [0.15, 0.2) is 0 Å². The minimum atomic E-state index is -0.806. The topological polar surface area (TPSA) is 59.0 Å². The molecule has 0 unspecified atom stereocenters. The summed E-state index contributed by atoms with van der Waals surface area (Å²) in [6, 6.07) is 16.0. The van der Waals surface area contributed by atoms with Gasteiger partial charge in [-0.25, -0.2) is 0 Å². The van der Waals surface area contributed by atoms with Gasteiger partial charge in [-0.15, -0.1) is 0 Å². The van der Waals surface area contributed by atoms with Gasteiger partial charge in [0, 0.05) is 30.1 Å². The molecule has 2 aromatic carbocycles. The summed E-state index contributed by atoms with van der Waals surface area (Å²) in [6.45, 7) is 12.2. The second-order valence-electron chi connectivity index (χ2n) is 9.31. The third-order valence-corrected chi connectivity index (χ3v) is 6.73. The average Bonchev–Trinajstić information content (AvgIpc) is 2.95. The molecule has 0 saturated carbocycles. The fourth-order valence-electron chi connectivity index (χ4n) is 3.99. The fourth-order valence-corrected chi connectivity index (χ4v) is 4.11. The van der Waals surface area contributed by atoms with E-state index in [2.05, 4.69) is 35.5 Å². The van der Waals surface area contributed by atoms with E-state index >= 15 is 0 Å². The van der Waals surface area contributed by atoms with Gasteiger partial charge >= 0.3 is 5.97 Å². The normalized spacial score (nSPS) is 15.2. The van der Waals surface area contributed by atoms with E-state index < -0.39 is 5.97 Å². The Kier molecular flexibility index (Phi) is 12.1. The minimum absolute atomic E-state index is 0.104. The lowest BCUT2D eigenvalue weighted by Crippen LogP contribution is -2.36. The van der Waals surface area contributed by atoms with Crippen LogP contribution in [0.3, 0.4) is 0 Å². The Morgan fingerprint density at radius 1 is 1.08 bits per heavy atom. The Labute approximate surface area is 237 Å². The largest absolute Gasteiger partial charge is 0.490 e. The predicted molar refractivity (Wildman–Crippen MR) is 159 cm³/mol. The second-order valence-corrected chi connectivity index (χ2v) is 9.75. The number of rotatable bonds is 11. The predicted octanol–water partition coefficient (Wildman–Crippen LogP) is 6.74. The first-order chi connectivity index (χ1) is 18.9. The lowest BCUT2D eigenvalue weighted by atomic mass is 9.97. The highest BCUT2D eigenvalue weighted by Gasteiger charge is 2.09. The highest BCUT2D eigenvalue weighted by Crippen LogP contribution is 2.25. The number of allylic oxidation sites excluding steroid dienone is 4. The van der Waals surface area contributed by atoms with Crippen LogP contribution in [-0.4, -0.2) is 55.4 Å². The summed E-state index contributed by atoms with van der Waals surface area (Å²) in [5, 5.41) is 9.62. The van der Waals surface area contributed by atoms with E-state index in [4.69, 9.17) is 26.2 Å². The summed E-state index contributed by atoms with van der Waals surface area (Å²) in [4.78, 5) is 13.2. The summed E-state index contributed by atoms with van der Waals surface area (Å²) in [7, 11) is 0. The van der Waals surface area contributed by atoms with Crippen LogP contribution >= 0.6 is 11.6 Å². The number of carboxylic acids is 1. The first-order valence-corrected chi connectivity index (χ1v) is 13.4. The minimum Gasteiger partial charge on any atom is -0.490 e. The molecule has 1 aliphatic heterocycles. The number of hydrogen-bond donors (Lipinski definition) is 1. The van der Waals surface area contributed by atoms with E-state index in [1.165, 1.54) is 0 Å². The maximum Gasteiger partial charge on any atom is 0.303 e. The fraction of sp³-hybridized carbons (Fsp3) is 0.303. The third kappa shape index (κ3) is 10.3. The zero-order valence-corrected chi connectivity index (χ0v) is 23.5. The van der Waals surface area contributed by atoms with Gasteiger partial charge in [0.1, 0.15) is 12.4 Å². The monoisotopic (exact) mass is 545 g/mol.